The van der Waals surface area contributed by atoms with Gasteiger partial charge in [0.05, 0.1) is 0 Å². The van der Waals surface area contributed by atoms with Crippen LogP contribution in [0.15, 0.2) is 54.6 Å². The number of rotatable bonds is 4. The van der Waals surface area contributed by atoms with Gasteiger partial charge in [0, 0.05) is 18.3 Å². The average molecular weight is 280 g/mol. The van der Waals surface area contributed by atoms with Crippen LogP contribution in [0.25, 0.3) is 11.1 Å². The molecule has 1 fully saturated rings. The lowest BCUT2D eigenvalue weighted by Crippen LogP contribution is -2.37. The molecule has 0 heterocycles. The highest BCUT2D eigenvalue weighted by Crippen LogP contribution is 2.24. The van der Waals surface area contributed by atoms with Crippen molar-refractivity contribution in [2.45, 2.75) is 31.7 Å². The topological polar surface area (TPSA) is 38.0 Å². The Balaban J connectivity index is 1.60. The van der Waals surface area contributed by atoms with Gasteiger partial charge >= 0.3 is 0 Å². The van der Waals surface area contributed by atoms with Crippen LogP contribution < -0.4 is 11.1 Å². The molecule has 0 radical (unpaired) electrons. The first-order chi connectivity index (χ1) is 10.3. The Hall–Kier alpha value is -1.80. The molecule has 1 saturated carbocycles. The van der Waals surface area contributed by atoms with Gasteiger partial charge in [-0.1, -0.05) is 55.3 Å². The molecule has 2 unspecified atom stereocenters. The fourth-order valence-electron chi connectivity index (χ4n) is 3.15. The van der Waals surface area contributed by atoms with E-state index in [9.17, 15) is 0 Å². The lowest BCUT2D eigenvalue weighted by molar-refractivity contribution is 0.321. The highest BCUT2D eigenvalue weighted by Gasteiger charge is 2.21. The molecule has 21 heavy (non-hydrogen) atoms. The lowest BCUT2D eigenvalue weighted by Gasteiger charge is -2.29. The van der Waals surface area contributed by atoms with Crippen LogP contribution in [0.3, 0.4) is 0 Å². The molecule has 3 N–H and O–H groups in total. The van der Waals surface area contributed by atoms with E-state index in [0.717, 1.165) is 6.54 Å². The van der Waals surface area contributed by atoms with Crippen molar-refractivity contribution in [2.24, 2.45) is 11.7 Å². The average Bonchev–Trinajstić information content (AvgIpc) is 2.55. The number of benzene rings is 2. The third-order valence-electron chi connectivity index (χ3n) is 4.53. The Morgan fingerprint density at radius 1 is 0.857 bits per heavy atom. The number of anilines is 1. The summed E-state index contributed by atoms with van der Waals surface area (Å²) in [6, 6.07) is 19.5. The zero-order valence-electron chi connectivity index (χ0n) is 12.5. The first-order valence-electron chi connectivity index (χ1n) is 7.98. The predicted octanol–water partition coefficient (Wildman–Crippen LogP) is 4.28. The van der Waals surface area contributed by atoms with Crippen LogP contribution in [-0.4, -0.2) is 12.6 Å². The maximum atomic E-state index is 6.20. The molecule has 2 nitrogen and oxygen atoms in total. The van der Waals surface area contributed by atoms with E-state index >= 15 is 0 Å². The van der Waals surface area contributed by atoms with Gasteiger partial charge in [0.1, 0.15) is 0 Å². The second kappa shape index (κ2) is 6.77. The third-order valence-corrected chi connectivity index (χ3v) is 4.53. The van der Waals surface area contributed by atoms with Crippen molar-refractivity contribution in [1.82, 2.24) is 0 Å². The van der Waals surface area contributed by atoms with Crippen molar-refractivity contribution in [1.29, 1.82) is 0 Å². The van der Waals surface area contributed by atoms with E-state index in [1.807, 2.05) is 6.07 Å². The number of hydrogen-bond donors (Lipinski definition) is 2. The van der Waals surface area contributed by atoms with Gasteiger partial charge in [0.2, 0.25) is 0 Å². The van der Waals surface area contributed by atoms with E-state index in [0.29, 0.717) is 12.0 Å². The largest absolute Gasteiger partial charge is 0.385 e. The summed E-state index contributed by atoms with van der Waals surface area (Å²) in [5.74, 6) is 0.618. The molecule has 1 aliphatic rings. The van der Waals surface area contributed by atoms with Crippen LogP contribution in [0.5, 0.6) is 0 Å². The monoisotopic (exact) mass is 280 g/mol. The highest BCUT2D eigenvalue weighted by atomic mass is 14.9. The summed E-state index contributed by atoms with van der Waals surface area (Å²) in [6.45, 7) is 0.992. The van der Waals surface area contributed by atoms with Gasteiger partial charge in [-0.25, -0.2) is 0 Å². The third kappa shape index (κ3) is 3.64. The summed E-state index contributed by atoms with van der Waals surface area (Å²) in [6.07, 6.45) is 5.06. The Morgan fingerprint density at radius 2 is 1.52 bits per heavy atom. The van der Waals surface area contributed by atoms with Crippen molar-refractivity contribution in [3.05, 3.63) is 54.6 Å². The van der Waals surface area contributed by atoms with Crippen molar-refractivity contribution in [2.75, 3.05) is 11.9 Å². The van der Waals surface area contributed by atoms with Crippen LogP contribution in [0, 0.1) is 5.92 Å². The minimum absolute atomic E-state index is 0.370. The molecule has 2 atom stereocenters. The van der Waals surface area contributed by atoms with Crippen LogP contribution >= 0.6 is 0 Å². The number of nitrogens with one attached hydrogen (secondary N) is 1. The predicted molar refractivity (Wildman–Crippen MR) is 90.3 cm³/mol. The zero-order valence-corrected chi connectivity index (χ0v) is 12.5. The first kappa shape index (κ1) is 14.2. The Bertz CT molecular complexity index is 548. The van der Waals surface area contributed by atoms with Crippen LogP contribution in [-0.2, 0) is 0 Å². The normalized spacial score (nSPS) is 22.0. The molecular formula is C19H24N2. The van der Waals surface area contributed by atoms with Gasteiger partial charge in [-0.2, -0.15) is 0 Å². The summed E-state index contributed by atoms with van der Waals surface area (Å²) < 4.78 is 0. The van der Waals surface area contributed by atoms with Gasteiger partial charge in [-0.05, 0) is 42.0 Å². The van der Waals surface area contributed by atoms with Gasteiger partial charge in [-0.3, -0.25) is 0 Å². The van der Waals surface area contributed by atoms with Crippen molar-refractivity contribution >= 4 is 5.69 Å². The smallest absolute Gasteiger partial charge is 0.0340 e. The quantitative estimate of drug-likeness (QED) is 0.877. The van der Waals surface area contributed by atoms with E-state index in [-0.39, 0.29) is 0 Å². The second-order valence-electron chi connectivity index (χ2n) is 6.03. The molecule has 0 saturated heterocycles. The van der Waals surface area contributed by atoms with Crippen molar-refractivity contribution in [3.63, 3.8) is 0 Å². The van der Waals surface area contributed by atoms with Gasteiger partial charge in [-0.15, -0.1) is 0 Å². The van der Waals surface area contributed by atoms with Gasteiger partial charge in [0.25, 0.3) is 0 Å². The van der Waals surface area contributed by atoms with E-state index in [1.54, 1.807) is 0 Å². The van der Waals surface area contributed by atoms with E-state index in [2.05, 4.69) is 53.8 Å². The summed E-state index contributed by atoms with van der Waals surface area (Å²) in [5, 5.41) is 3.54. The standard InChI is InChI=1S/C19H24N2/c20-19-9-5-4-8-17(19)14-21-18-12-10-16(11-13-18)15-6-2-1-3-7-15/h1-3,6-7,10-13,17,19,21H,4-5,8-9,14,20H2. The molecule has 0 aromatic heterocycles. The lowest BCUT2D eigenvalue weighted by atomic mass is 9.85. The highest BCUT2D eigenvalue weighted by molar-refractivity contribution is 5.65. The molecule has 2 aromatic rings. The van der Waals surface area contributed by atoms with Crippen molar-refractivity contribution < 1.29 is 0 Å². The maximum Gasteiger partial charge on any atom is 0.0340 e. The Morgan fingerprint density at radius 3 is 2.24 bits per heavy atom. The molecular weight excluding hydrogens is 256 g/mol. The summed E-state index contributed by atoms with van der Waals surface area (Å²) in [5.41, 5.74) is 9.91. The molecule has 0 amide bonds. The molecule has 3 rings (SSSR count). The Kier molecular flexibility index (Phi) is 4.56. The first-order valence-corrected chi connectivity index (χ1v) is 7.98. The molecule has 110 valence electrons. The van der Waals surface area contributed by atoms with Crippen LogP contribution in [0.1, 0.15) is 25.7 Å². The minimum atomic E-state index is 0.370. The summed E-state index contributed by atoms with van der Waals surface area (Å²) >= 11 is 0. The molecule has 1 aliphatic carbocycles. The van der Waals surface area contributed by atoms with Crippen LogP contribution in [0.2, 0.25) is 0 Å². The van der Waals surface area contributed by atoms with Gasteiger partial charge in [0.15, 0.2) is 0 Å². The molecule has 0 bridgehead atoms. The van der Waals surface area contributed by atoms with E-state index < -0.39 is 0 Å². The van der Waals surface area contributed by atoms with E-state index in [1.165, 1.54) is 42.5 Å². The summed E-state index contributed by atoms with van der Waals surface area (Å²) in [4.78, 5) is 0. The zero-order chi connectivity index (χ0) is 14.5. The molecule has 0 aliphatic heterocycles. The van der Waals surface area contributed by atoms with Gasteiger partial charge < -0.3 is 11.1 Å². The molecule has 2 heteroatoms. The SMILES string of the molecule is NC1CCCCC1CNc1ccc(-c2ccccc2)cc1. The fraction of sp³-hybridized carbons (Fsp3) is 0.368. The number of hydrogen-bond acceptors (Lipinski definition) is 2. The molecule has 0 spiro atoms. The molecule has 2 aromatic carbocycles. The second-order valence-corrected chi connectivity index (χ2v) is 6.03. The minimum Gasteiger partial charge on any atom is -0.385 e. The Labute approximate surface area is 127 Å². The summed E-state index contributed by atoms with van der Waals surface area (Å²) in [7, 11) is 0. The fourth-order valence-corrected chi connectivity index (χ4v) is 3.15. The number of nitrogens with two attached hydrogens (primary N) is 1. The van der Waals surface area contributed by atoms with E-state index in [4.69, 9.17) is 5.73 Å². The van der Waals surface area contributed by atoms with Crippen molar-refractivity contribution in [3.8, 4) is 11.1 Å². The van der Waals surface area contributed by atoms with Crippen LogP contribution in [0.4, 0.5) is 5.69 Å². The maximum absolute atomic E-state index is 6.20.